The maximum Gasteiger partial charge on any atom is 0.488 e. The summed E-state index contributed by atoms with van der Waals surface area (Å²) in [7, 11) is -1.48. The summed E-state index contributed by atoms with van der Waals surface area (Å²) in [6.07, 6.45) is 0. The Morgan fingerprint density at radius 3 is 2.65 bits per heavy atom. The van der Waals surface area contributed by atoms with Crippen LogP contribution in [-0.4, -0.2) is 29.5 Å². The monoisotopic (exact) mass is 308 g/mol. The Hall–Kier alpha value is -1.14. The first-order valence-electron chi connectivity index (χ1n) is 6.13. The van der Waals surface area contributed by atoms with E-state index < -0.39 is 7.12 Å². The smallest absolute Gasteiger partial charge is 0.488 e. The van der Waals surface area contributed by atoms with Crippen LogP contribution in [-0.2, 0) is 0 Å². The van der Waals surface area contributed by atoms with E-state index in [2.05, 4.69) is 0 Å². The van der Waals surface area contributed by atoms with Crippen LogP contribution in [0.3, 0.4) is 0 Å². The molecule has 0 saturated heterocycles. The third kappa shape index (κ3) is 4.46. The number of hydrogen-bond donors (Lipinski definition) is 2. The molecule has 2 aromatic rings. The van der Waals surface area contributed by atoms with Gasteiger partial charge < -0.3 is 14.8 Å². The minimum Gasteiger partial charge on any atom is -0.493 e. The van der Waals surface area contributed by atoms with Crippen molar-refractivity contribution in [1.29, 1.82) is 0 Å². The fourth-order valence-electron chi connectivity index (χ4n) is 1.64. The second kappa shape index (κ2) is 7.60. The Bertz CT molecular complexity index is 566. The van der Waals surface area contributed by atoms with E-state index in [1.54, 1.807) is 36.0 Å². The van der Waals surface area contributed by atoms with E-state index in [0.29, 0.717) is 17.8 Å². The van der Waals surface area contributed by atoms with Crippen LogP contribution in [0.4, 0.5) is 0 Å². The Morgan fingerprint density at radius 2 is 1.90 bits per heavy atom. The average molecular weight is 309 g/mol. The van der Waals surface area contributed by atoms with E-state index in [1.807, 2.05) is 24.3 Å². The van der Waals surface area contributed by atoms with Crippen LogP contribution in [0, 0.1) is 0 Å². The molecule has 2 N–H and O–H groups in total. The molecule has 0 aliphatic carbocycles. The average Bonchev–Trinajstić information content (AvgIpc) is 2.45. The van der Waals surface area contributed by atoms with E-state index in [1.165, 1.54) is 0 Å². The Morgan fingerprint density at radius 1 is 1.10 bits per heavy atom. The third-order valence-electron chi connectivity index (χ3n) is 2.60. The zero-order chi connectivity index (χ0) is 14.4. The number of thioether (sulfide) groups is 1. The van der Waals surface area contributed by atoms with Crippen molar-refractivity contribution in [3.63, 3.8) is 0 Å². The predicted molar refractivity (Wildman–Crippen MR) is 83.9 cm³/mol. The van der Waals surface area contributed by atoms with Gasteiger partial charge in [-0.1, -0.05) is 35.9 Å². The van der Waals surface area contributed by atoms with Crippen LogP contribution in [0.1, 0.15) is 0 Å². The Balaban J connectivity index is 1.82. The van der Waals surface area contributed by atoms with Crippen molar-refractivity contribution in [2.24, 2.45) is 0 Å². The summed E-state index contributed by atoms with van der Waals surface area (Å²) in [5, 5.41) is 18.9. The first-order valence-corrected chi connectivity index (χ1v) is 7.49. The number of rotatable bonds is 6. The fraction of sp³-hybridized carbons (Fsp3) is 0.143. The molecule has 0 aliphatic heterocycles. The molecular weight excluding hydrogens is 294 g/mol. The zero-order valence-corrected chi connectivity index (χ0v) is 12.3. The van der Waals surface area contributed by atoms with Gasteiger partial charge in [-0.05, 0) is 29.7 Å². The Labute approximate surface area is 127 Å². The lowest BCUT2D eigenvalue weighted by Crippen LogP contribution is -2.29. The van der Waals surface area contributed by atoms with Gasteiger partial charge in [-0.3, -0.25) is 0 Å². The van der Waals surface area contributed by atoms with E-state index in [4.69, 9.17) is 26.4 Å². The molecule has 0 heterocycles. The maximum absolute atomic E-state index is 9.08. The van der Waals surface area contributed by atoms with Crippen LogP contribution in [0.15, 0.2) is 53.4 Å². The topological polar surface area (TPSA) is 49.7 Å². The molecule has 0 radical (unpaired) electrons. The molecule has 0 saturated carbocycles. The van der Waals surface area contributed by atoms with Gasteiger partial charge in [-0.2, -0.15) is 0 Å². The van der Waals surface area contributed by atoms with Gasteiger partial charge in [0.1, 0.15) is 5.75 Å². The van der Waals surface area contributed by atoms with Crippen LogP contribution >= 0.6 is 23.4 Å². The molecule has 0 aliphatic rings. The largest absolute Gasteiger partial charge is 0.493 e. The van der Waals surface area contributed by atoms with Gasteiger partial charge >= 0.3 is 7.12 Å². The molecule has 2 aromatic carbocycles. The molecule has 0 fully saturated rings. The maximum atomic E-state index is 9.08. The molecule has 0 bridgehead atoms. The number of benzene rings is 2. The van der Waals surface area contributed by atoms with Gasteiger partial charge in [-0.15, -0.1) is 11.8 Å². The van der Waals surface area contributed by atoms with Crippen molar-refractivity contribution in [2.75, 3.05) is 12.4 Å². The summed E-state index contributed by atoms with van der Waals surface area (Å²) in [5.74, 6) is 1.38. The van der Waals surface area contributed by atoms with Crippen molar-refractivity contribution >= 4 is 35.9 Å². The normalized spacial score (nSPS) is 10.3. The molecule has 20 heavy (non-hydrogen) atoms. The summed E-state index contributed by atoms with van der Waals surface area (Å²) < 4.78 is 5.57. The van der Waals surface area contributed by atoms with Crippen molar-refractivity contribution in [1.82, 2.24) is 0 Å². The SMILES string of the molecule is OB(O)c1cccc(OCCSc2ccccc2Cl)c1. The highest BCUT2D eigenvalue weighted by atomic mass is 35.5. The molecule has 3 nitrogen and oxygen atoms in total. The molecule has 0 unspecified atom stereocenters. The van der Waals surface area contributed by atoms with Gasteiger partial charge in [0.05, 0.1) is 11.6 Å². The lowest BCUT2D eigenvalue weighted by molar-refractivity contribution is 0.344. The lowest BCUT2D eigenvalue weighted by atomic mass is 9.80. The van der Waals surface area contributed by atoms with E-state index in [-0.39, 0.29) is 0 Å². The second-order valence-electron chi connectivity index (χ2n) is 4.07. The number of ether oxygens (including phenoxy) is 1. The van der Waals surface area contributed by atoms with Gasteiger partial charge in [-0.25, -0.2) is 0 Å². The van der Waals surface area contributed by atoms with Gasteiger partial charge in [0.2, 0.25) is 0 Å². The van der Waals surface area contributed by atoms with Crippen LogP contribution in [0.5, 0.6) is 5.75 Å². The van der Waals surface area contributed by atoms with Crippen LogP contribution < -0.4 is 10.2 Å². The molecular formula is C14H14BClO3S. The Kier molecular flexibility index (Phi) is 5.79. The summed E-state index contributed by atoms with van der Waals surface area (Å²) >= 11 is 7.68. The fourth-order valence-corrected chi connectivity index (χ4v) is 2.70. The van der Waals surface area contributed by atoms with Gasteiger partial charge in [0, 0.05) is 10.6 Å². The molecule has 0 aromatic heterocycles. The van der Waals surface area contributed by atoms with E-state index in [9.17, 15) is 0 Å². The molecule has 6 heteroatoms. The van der Waals surface area contributed by atoms with Crippen molar-refractivity contribution < 1.29 is 14.8 Å². The van der Waals surface area contributed by atoms with Crippen molar-refractivity contribution in [3.05, 3.63) is 53.6 Å². The highest BCUT2D eigenvalue weighted by Gasteiger charge is 2.10. The van der Waals surface area contributed by atoms with Gasteiger partial charge in [0.15, 0.2) is 0 Å². The summed E-state index contributed by atoms with van der Waals surface area (Å²) in [4.78, 5) is 1.03. The first-order chi connectivity index (χ1) is 9.66. The van der Waals surface area contributed by atoms with Crippen molar-refractivity contribution in [3.8, 4) is 5.75 Å². The molecule has 104 valence electrons. The minimum atomic E-state index is -1.48. The molecule has 0 spiro atoms. The summed E-state index contributed by atoms with van der Waals surface area (Å²) in [5.41, 5.74) is 0.418. The quantitative estimate of drug-likeness (QED) is 0.488. The summed E-state index contributed by atoms with van der Waals surface area (Å²) in [6, 6.07) is 14.4. The third-order valence-corrected chi connectivity index (χ3v) is 4.08. The first kappa shape index (κ1) is 15.3. The highest BCUT2D eigenvalue weighted by molar-refractivity contribution is 7.99. The van der Waals surface area contributed by atoms with E-state index in [0.717, 1.165) is 15.7 Å². The molecule has 2 rings (SSSR count). The van der Waals surface area contributed by atoms with Gasteiger partial charge in [0.25, 0.3) is 0 Å². The van der Waals surface area contributed by atoms with Crippen molar-refractivity contribution in [2.45, 2.75) is 4.90 Å². The second-order valence-corrected chi connectivity index (χ2v) is 5.62. The van der Waals surface area contributed by atoms with Crippen LogP contribution in [0.2, 0.25) is 5.02 Å². The highest BCUT2D eigenvalue weighted by Crippen LogP contribution is 2.26. The van der Waals surface area contributed by atoms with E-state index >= 15 is 0 Å². The molecule has 0 amide bonds. The zero-order valence-electron chi connectivity index (χ0n) is 10.7. The van der Waals surface area contributed by atoms with Crippen LogP contribution in [0.25, 0.3) is 0 Å². The summed E-state index contributed by atoms with van der Waals surface area (Å²) in [6.45, 7) is 0.515. The molecule has 0 atom stereocenters. The number of halogens is 1. The number of hydrogen-bond acceptors (Lipinski definition) is 4. The predicted octanol–water partition coefficient (Wildman–Crippen LogP) is 2.19. The standard InChI is InChI=1S/C14H14BClO3S/c16-13-6-1-2-7-14(13)20-9-8-19-12-5-3-4-11(10-12)15(17)18/h1-7,10,17-18H,8-9H2. The lowest BCUT2D eigenvalue weighted by Gasteiger charge is -2.08. The minimum absolute atomic E-state index is 0.418.